The van der Waals surface area contributed by atoms with E-state index in [4.69, 9.17) is 9.47 Å². The van der Waals surface area contributed by atoms with E-state index in [9.17, 15) is 4.79 Å². The van der Waals surface area contributed by atoms with Crippen molar-refractivity contribution >= 4 is 11.7 Å². The number of methoxy groups -OCH3 is 2. The van der Waals surface area contributed by atoms with Gasteiger partial charge >= 0.3 is 6.03 Å². The Kier molecular flexibility index (Phi) is 6.29. The fourth-order valence-electron chi connectivity index (χ4n) is 2.21. The van der Waals surface area contributed by atoms with Crippen LogP contribution in [0, 0.1) is 0 Å². The maximum Gasteiger partial charge on any atom is 0.319 e. The van der Waals surface area contributed by atoms with Crippen LogP contribution in [-0.2, 0) is 6.42 Å². The lowest BCUT2D eigenvalue weighted by molar-refractivity contribution is 0.252. The molecule has 2 N–H and O–H groups in total. The average molecular weight is 314 g/mol. The van der Waals surface area contributed by atoms with Crippen molar-refractivity contribution in [2.24, 2.45) is 0 Å². The summed E-state index contributed by atoms with van der Waals surface area (Å²) in [5, 5.41) is 5.63. The lowest BCUT2D eigenvalue weighted by atomic mass is 10.1. The quantitative estimate of drug-likeness (QED) is 0.770. The summed E-state index contributed by atoms with van der Waals surface area (Å²) in [4.78, 5) is 11.9. The summed E-state index contributed by atoms with van der Waals surface area (Å²) in [7, 11) is 3.14. The van der Waals surface area contributed by atoms with E-state index >= 15 is 0 Å². The Morgan fingerprint density at radius 3 is 2.52 bits per heavy atom. The van der Waals surface area contributed by atoms with Gasteiger partial charge in [0.25, 0.3) is 0 Å². The van der Waals surface area contributed by atoms with Gasteiger partial charge in [0.2, 0.25) is 0 Å². The Bertz CT molecular complexity index is 629. The number of benzene rings is 2. The van der Waals surface area contributed by atoms with E-state index in [0.29, 0.717) is 23.7 Å². The van der Waals surface area contributed by atoms with Crippen molar-refractivity contribution in [2.45, 2.75) is 12.8 Å². The number of rotatable bonds is 7. The number of carbonyl (C=O) groups excluding carboxylic acids is 1. The summed E-state index contributed by atoms with van der Waals surface area (Å²) >= 11 is 0. The van der Waals surface area contributed by atoms with Gasteiger partial charge in [0, 0.05) is 12.6 Å². The van der Waals surface area contributed by atoms with Crippen molar-refractivity contribution < 1.29 is 14.3 Å². The molecule has 0 saturated carbocycles. The van der Waals surface area contributed by atoms with E-state index in [0.717, 1.165) is 12.8 Å². The van der Waals surface area contributed by atoms with Gasteiger partial charge in [-0.2, -0.15) is 0 Å². The van der Waals surface area contributed by atoms with Gasteiger partial charge in [0.15, 0.2) is 0 Å². The molecule has 2 amide bonds. The summed E-state index contributed by atoms with van der Waals surface area (Å²) in [5.74, 6) is 1.24. The van der Waals surface area contributed by atoms with Crippen LogP contribution in [0.25, 0.3) is 0 Å². The number of aryl methyl sites for hydroxylation is 1. The molecule has 0 aliphatic carbocycles. The molecule has 5 heteroatoms. The number of urea groups is 1. The Hall–Kier alpha value is -2.69. The lowest BCUT2D eigenvalue weighted by Crippen LogP contribution is -2.29. The highest BCUT2D eigenvalue weighted by Gasteiger charge is 2.08. The molecule has 23 heavy (non-hydrogen) atoms. The minimum Gasteiger partial charge on any atom is -0.497 e. The Morgan fingerprint density at radius 1 is 1.04 bits per heavy atom. The Balaban J connectivity index is 1.78. The summed E-state index contributed by atoms with van der Waals surface area (Å²) in [5.41, 5.74) is 1.88. The van der Waals surface area contributed by atoms with Crippen LogP contribution in [0.4, 0.5) is 10.5 Å². The van der Waals surface area contributed by atoms with Crippen LogP contribution in [-0.4, -0.2) is 26.8 Å². The fourth-order valence-corrected chi connectivity index (χ4v) is 2.21. The molecule has 0 aliphatic heterocycles. The van der Waals surface area contributed by atoms with Gasteiger partial charge in [-0.25, -0.2) is 4.79 Å². The molecule has 0 radical (unpaired) electrons. The molecular weight excluding hydrogens is 292 g/mol. The standard InChI is InChI=1S/C18H22N2O3/c1-22-15-10-11-16(17(13-15)23-2)20-18(21)19-12-6-9-14-7-4-3-5-8-14/h3-5,7-8,10-11,13H,6,9,12H2,1-2H3,(H2,19,20,21). The van der Waals surface area contributed by atoms with E-state index in [1.54, 1.807) is 32.4 Å². The minimum atomic E-state index is -0.249. The van der Waals surface area contributed by atoms with Crippen molar-refractivity contribution in [1.82, 2.24) is 5.32 Å². The molecular formula is C18H22N2O3. The highest BCUT2D eigenvalue weighted by molar-refractivity contribution is 5.91. The third-order valence-electron chi connectivity index (χ3n) is 3.43. The molecule has 0 heterocycles. The van der Waals surface area contributed by atoms with Gasteiger partial charge in [0.1, 0.15) is 11.5 Å². The first-order valence-corrected chi connectivity index (χ1v) is 7.53. The second kappa shape index (κ2) is 8.68. The summed E-state index contributed by atoms with van der Waals surface area (Å²) in [6.45, 7) is 0.610. The third kappa shape index (κ3) is 5.21. The lowest BCUT2D eigenvalue weighted by Gasteiger charge is -2.12. The van der Waals surface area contributed by atoms with Crippen LogP contribution in [0.2, 0.25) is 0 Å². The van der Waals surface area contributed by atoms with Gasteiger partial charge in [-0.3, -0.25) is 0 Å². The molecule has 2 aromatic rings. The predicted octanol–water partition coefficient (Wildman–Crippen LogP) is 3.46. The summed E-state index contributed by atoms with van der Waals surface area (Å²) in [6, 6.07) is 15.2. The van der Waals surface area contributed by atoms with E-state index in [2.05, 4.69) is 22.8 Å². The maximum atomic E-state index is 11.9. The van der Waals surface area contributed by atoms with Gasteiger partial charge in [-0.1, -0.05) is 30.3 Å². The molecule has 2 rings (SSSR count). The highest BCUT2D eigenvalue weighted by Crippen LogP contribution is 2.28. The van der Waals surface area contributed by atoms with Crippen LogP contribution in [0.15, 0.2) is 48.5 Å². The number of ether oxygens (including phenoxy) is 2. The first-order valence-electron chi connectivity index (χ1n) is 7.53. The largest absolute Gasteiger partial charge is 0.497 e. The van der Waals surface area contributed by atoms with Crippen LogP contribution < -0.4 is 20.1 Å². The molecule has 5 nitrogen and oxygen atoms in total. The second-order valence-electron chi connectivity index (χ2n) is 5.04. The topological polar surface area (TPSA) is 59.6 Å². The number of amides is 2. The first-order chi connectivity index (χ1) is 11.2. The fraction of sp³-hybridized carbons (Fsp3) is 0.278. The number of nitrogens with one attached hydrogen (secondary N) is 2. The zero-order chi connectivity index (χ0) is 16.5. The zero-order valence-electron chi connectivity index (χ0n) is 13.5. The third-order valence-corrected chi connectivity index (χ3v) is 3.43. The predicted molar refractivity (Wildman–Crippen MR) is 91.3 cm³/mol. The number of hydrogen-bond donors (Lipinski definition) is 2. The summed E-state index contributed by atoms with van der Waals surface area (Å²) in [6.07, 6.45) is 1.82. The van der Waals surface area contributed by atoms with Gasteiger partial charge < -0.3 is 20.1 Å². The molecule has 0 unspecified atom stereocenters. The smallest absolute Gasteiger partial charge is 0.319 e. The van der Waals surface area contributed by atoms with Crippen molar-refractivity contribution in [1.29, 1.82) is 0 Å². The van der Waals surface area contributed by atoms with Crippen molar-refractivity contribution in [3.63, 3.8) is 0 Å². The zero-order valence-corrected chi connectivity index (χ0v) is 13.5. The Morgan fingerprint density at radius 2 is 1.83 bits per heavy atom. The molecule has 0 spiro atoms. The number of anilines is 1. The highest BCUT2D eigenvalue weighted by atomic mass is 16.5. The van der Waals surface area contributed by atoms with Crippen molar-refractivity contribution in [3.8, 4) is 11.5 Å². The second-order valence-corrected chi connectivity index (χ2v) is 5.04. The van der Waals surface area contributed by atoms with Crippen LogP contribution in [0.5, 0.6) is 11.5 Å². The molecule has 122 valence electrons. The first kappa shape index (κ1) is 16.7. The summed E-state index contributed by atoms with van der Waals surface area (Å²) < 4.78 is 10.4. The van der Waals surface area contributed by atoms with Gasteiger partial charge in [-0.15, -0.1) is 0 Å². The van der Waals surface area contributed by atoms with Crippen LogP contribution in [0.3, 0.4) is 0 Å². The SMILES string of the molecule is COc1ccc(NC(=O)NCCCc2ccccc2)c(OC)c1. The molecule has 0 aliphatic rings. The monoisotopic (exact) mass is 314 g/mol. The van der Waals surface area contributed by atoms with Gasteiger partial charge in [0.05, 0.1) is 19.9 Å². The molecule has 0 bridgehead atoms. The maximum absolute atomic E-state index is 11.9. The molecule has 0 aromatic heterocycles. The van der Waals surface area contributed by atoms with E-state index in [1.165, 1.54) is 5.56 Å². The van der Waals surface area contributed by atoms with Crippen LogP contribution in [0.1, 0.15) is 12.0 Å². The van der Waals surface area contributed by atoms with Gasteiger partial charge in [-0.05, 0) is 30.5 Å². The van der Waals surface area contributed by atoms with Crippen molar-refractivity contribution in [3.05, 3.63) is 54.1 Å². The van der Waals surface area contributed by atoms with Crippen molar-refractivity contribution in [2.75, 3.05) is 26.1 Å². The Labute approximate surface area is 136 Å². The minimum absolute atomic E-state index is 0.249. The van der Waals surface area contributed by atoms with E-state index < -0.39 is 0 Å². The van der Waals surface area contributed by atoms with E-state index in [-0.39, 0.29) is 6.03 Å². The normalized spacial score (nSPS) is 10.0. The molecule has 0 fully saturated rings. The molecule has 0 atom stereocenters. The molecule has 2 aromatic carbocycles. The van der Waals surface area contributed by atoms with Crippen LogP contribution >= 0.6 is 0 Å². The molecule has 0 saturated heterocycles. The number of hydrogen-bond acceptors (Lipinski definition) is 3. The number of carbonyl (C=O) groups is 1. The van der Waals surface area contributed by atoms with E-state index in [1.807, 2.05) is 18.2 Å². The average Bonchev–Trinajstić information content (AvgIpc) is 2.60.